The van der Waals surface area contributed by atoms with Crippen molar-refractivity contribution < 1.29 is 26.4 Å². The van der Waals surface area contributed by atoms with E-state index in [0.717, 1.165) is 17.3 Å². The van der Waals surface area contributed by atoms with Gasteiger partial charge in [0.05, 0.1) is 23.2 Å². The highest BCUT2D eigenvalue weighted by molar-refractivity contribution is 7.89. The molecule has 0 fully saturated rings. The lowest BCUT2D eigenvalue weighted by Crippen LogP contribution is -2.35. The molecule has 32 heavy (non-hydrogen) atoms. The predicted molar refractivity (Wildman–Crippen MR) is 113 cm³/mol. The SMILES string of the molecule is Cc1ccc(-n2ncc(C(=O)NCCS(=O)(=O)NCc3ccccc3)c2C(F)(F)F)cc1. The van der Waals surface area contributed by atoms with Crippen LogP contribution in [-0.4, -0.2) is 36.4 Å². The van der Waals surface area contributed by atoms with Crippen LogP contribution in [0.1, 0.15) is 27.2 Å². The van der Waals surface area contributed by atoms with Gasteiger partial charge in [-0.1, -0.05) is 48.0 Å². The monoisotopic (exact) mass is 466 g/mol. The van der Waals surface area contributed by atoms with Gasteiger partial charge in [0.15, 0.2) is 5.69 Å². The number of aryl methyl sites for hydroxylation is 1. The van der Waals surface area contributed by atoms with E-state index >= 15 is 0 Å². The van der Waals surface area contributed by atoms with E-state index in [1.54, 1.807) is 49.4 Å². The van der Waals surface area contributed by atoms with Gasteiger partial charge in [0.1, 0.15) is 0 Å². The summed E-state index contributed by atoms with van der Waals surface area (Å²) in [6, 6.07) is 15.0. The standard InChI is InChI=1S/C21H21F3N4O3S/c1-15-7-9-17(10-8-15)28-19(21(22,23)24)18(14-26-28)20(29)25-11-12-32(30,31)27-13-16-5-3-2-4-6-16/h2-10,14,27H,11-13H2,1H3,(H,25,29). The normalized spacial score (nSPS) is 12.0. The first-order chi connectivity index (χ1) is 15.1. The fourth-order valence-electron chi connectivity index (χ4n) is 2.92. The van der Waals surface area contributed by atoms with E-state index in [1.807, 2.05) is 0 Å². The number of amides is 1. The van der Waals surface area contributed by atoms with Gasteiger partial charge in [0.2, 0.25) is 10.0 Å². The number of rotatable bonds is 8. The lowest BCUT2D eigenvalue weighted by Gasteiger charge is -2.13. The van der Waals surface area contributed by atoms with Crippen LogP contribution in [0.3, 0.4) is 0 Å². The molecule has 1 heterocycles. The van der Waals surface area contributed by atoms with Crippen LogP contribution < -0.4 is 10.0 Å². The molecule has 1 amide bonds. The van der Waals surface area contributed by atoms with E-state index < -0.39 is 39.1 Å². The highest BCUT2D eigenvalue weighted by Gasteiger charge is 2.40. The summed E-state index contributed by atoms with van der Waals surface area (Å²) >= 11 is 0. The molecule has 0 unspecified atom stereocenters. The molecule has 7 nitrogen and oxygen atoms in total. The summed E-state index contributed by atoms with van der Waals surface area (Å²) in [6.45, 7) is 1.49. The largest absolute Gasteiger partial charge is 0.434 e. The zero-order chi connectivity index (χ0) is 23.4. The first kappa shape index (κ1) is 23.5. The van der Waals surface area contributed by atoms with E-state index in [1.165, 1.54) is 12.1 Å². The summed E-state index contributed by atoms with van der Waals surface area (Å²) in [6.07, 6.45) is -4.03. The molecule has 3 aromatic rings. The number of carbonyl (C=O) groups excluding carboxylic acids is 1. The zero-order valence-corrected chi connectivity index (χ0v) is 17.9. The Morgan fingerprint density at radius 3 is 2.34 bits per heavy atom. The van der Waals surface area contributed by atoms with Crippen molar-refractivity contribution in [1.29, 1.82) is 0 Å². The Labute approximate surface area is 183 Å². The third-order valence-electron chi connectivity index (χ3n) is 4.56. The molecule has 11 heteroatoms. The summed E-state index contributed by atoms with van der Waals surface area (Å²) in [5.74, 6) is -1.55. The molecule has 0 bridgehead atoms. The molecular weight excluding hydrogens is 445 g/mol. The van der Waals surface area contributed by atoms with Crippen LogP contribution in [0.2, 0.25) is 0 Å². The van der Waals surface area contributed by atoms with Crippen LogP contribution >= 0.6 is 0 Å². The van der Waals surface area contributed by atoms with Gasteiger partial charge in [-0.05, 0) is 24.6 Å². The molecule has 2 N–H and O–H groups in total. The predicted octanol–water partition coefficient (Wildman–Crippen LogP) is 3.05. The number of alkyl halides is 3. The Hall–Kier alpha value is -3.18. The second kappa shape index (κ2) is 9.53. The molecule has 0 aliphatic rings. The van der Waals surface area contributed by atoms with Gasteiger partial charge in [0, 0.05) is 13.1 Å². The maximum absolute atomic E-state index is 13.7. The summed E-state index contributed by atoms with van der Waals surface area (Å²) < 4.78 is 68.3. The van der Waals surface area contributed by atoms with E-state index in [0.29, 0.717) is 4.68 Å². The maximum Gasteiger partial charge on any atom is 0.434 e. The van der Waals surface area contributed by atoms with E-state index in [-0.39, 0.29) is 18.8 Å². The maximum atomic E-state index is 13.7. The fraction of sp³-hybridized carbons (Fsp3) is 0.238. The Morgan fingerprint density at radius 2 is 1.72 bits per heavy atom. The van der Waals surface area contributed by atoms with Gasteiger partial charge in [-0.25, -0.2) is 17.8 Å². The van der Waals surface area contributed by atoms with Crippen molar-refractivity contribution in [2.75, 3.05) is 12.3 Å². The molecule has 0 saturated heterocycles. The number of sulfonamides is 1. The third-order valence-corrected chi connectivity index (χ3v) is 5.88. The van der Waals surface area contributed by atoms with Crippen molar-refractivity contribution in [2.24, 2.45) is 0 Å². The Morgan fingerprint density at radius 1 is 1.06 bits per heavy atom. The molecule has 1 aromatic heterocycles. The highest BCUT2D eigenvalue weighted by Crippen LogP contribution is 2.33. The number of benzene rings is 2. The number of hydrogen-bond donors (Lipinski definition) is 2. The molecule has 0 aliphatic carbocycles. The molecule has 2 aromatic carbocycles. The lowest BCUT2D eigenvalue weighted by atomic mass is 10.2. The van der Waals surface area contributed by atoms with Gasteiger partial charge >= 0.3 is 6.18 Å². The summed E-state index contributed by atoms with van der Waals surface area (Å²) in [4.78, 5) is 12.4. The molecule has 0 atom stereocenters. The van der Waals surface area contributed by atoms with Gasteiger partial charge in [0.25, 0.3) is 5.91 Å². The second-order valence-electron chi connectivity index (χ2n) is 7.03. The van der Waals surface area contributed by atoms with Crippen molar-refractivity contribution >= 4 is 15.9 Å². The van der Waals surface area contributed by atoms with Gasteiger partial charge < -0.3 is 5.32 Å². The van der Waals surface area contributed by atoms with Crippen LogP contribution in [0.4, 0.5) is 13.2 Å². The molecule has 170 valence electrons. The van der Waals surface area contributed by atoms with Crippen molar-refractivity contribution in [3.8, 4) is 5.69 Å². The molecule has 0 saturated carbocycles. The average Bonchev–Trinajstić information content (AvgIpc) is 3.19. The minimum atomic E-state index is -4.85. The number of hydrogen-bond acceptors (Lipinski definition) is 4. The van der Waals surface area contributed by atoms with Crippen LogP contribution in [0.25, 0.3) is 5.69 Å². The van der Waals surface area contributed by atoms with Gasteiger partial charge in [-0.3, -0.25) is 4.79 Å². The zero-order valence-electron chi connectivity index (χ0n) is 17.1. The van der Waals surface area contributed by atoms with Crippen LogP contribution in [-0.2, 0) is 22.7 Å². The van der Waals surface area contributed by atoms with E-state index in [4.69, 9.17) is 0 Å². The van der Waals surface area contributed by atoms with Crippen molar-refractivity contribution in [2.45, 2.75) is 19.6 Å². The van der Waals surface area contributed by atoms with Gasteiger partial charge in [-0.2, -0.15) is 18.3 Å². The molecule has 0 spiro atoms. The van der Waals surface area contributed by atoms with Crippen LogP contribution in [0, 0.1) is 6.92 Å². The van der Waals surface area contributed by atoms with Crippen LogP contribution in [0.5, 0.6) is 0 Å². The first-order valence-corrected chi connectivity index (χ1v) is 11.2. The number of nitrogens with one attached hydrogen (secondary N) is 2. The topological polar surface area (TPSA) is 93.1 Å². The van der Waals surface area contributed by atoms with E-state index in [2.05, 4.69) is 15.1 Å². The van der Waals surface area contributed by atoms with E-state index in [9.17, 15) is 26.4 Å². The number of aromatic nitrogens is 2. The first-order valence-electron chi connectivity index (χ1n) is 9.58. The van der Waals surface area contributed by atoms with Crippen molar-refractivity contribution in [3.63, 3.8) is 0 Å². The molecule has 0 radical (unpaired) electrons. The quantitative estimate of drug-likeness (QED) is 0.534. The smallest absolute Gasteiger partial charge is 0.351 e. The minimum Gasteiger partial charge on any atom is -0.351 e. The Bertz CT molecular complexity index is 1180. The third kappa shape index (κ3) is 5.95. The van der Waals surface area contributed by atoms with Crippen molar-refractivity contribution in [1.82, 2.24) is 19.8 Å². The Kier molecular flexibility index (Phi) is 6.99. The van der Waals surface area contributed by atoms with Crippen LogP contribution in [0.15, 0.2) is 60.8 Å². The fourth-order valence-corrected chi connectivity index (χ4v) is 3.83. The average molecular weight is 466 g/mol. The number of halogens is 3. The molecule has 0 aliphatic heterocycles. The molecule has 3 rings (SSSR count). The highest BCUT2D eigenvalue weighted by atomic mass is 32.2. The van der Waals surface area contributed by atoms with Gasteiger partial charge in [-0.15, -0.1) is 0 Å². The summed E-state index contributed by atoms with van der Waals surface area (Å²) in [5, 5.41) is 5.96. The summed E-state index contributed by atoms with van der Waals surface area (Å²) in [5.41, 5.74) is -0.167. The number of carbonyl (C=O) groups is 1. The lowest BCUT2D eigenvalue weighted by molar-refractivity contribution is -0.143. The molecular formula is C21H21F3N4O3S. The second-order valence-corrected chi connectivity index (χ2v) is 8.96. The minimum absolute atomic E-state index is 0.0681. The van der Waals surface area contributed by atoms with Crippen molar-refractivity contribution in [3.05, 3.63) is 83.2 Å². The number of nitrogens with zero attached hydrogens (tertiary/aromatic N) is 2. The summed E-state index contributed by atoms with van der Waals surface area (Å²) in [7, 11) is -3.75. The Balaban J connectivity index is 1.68.